The third-order valence-electron chi connectivity index (χ3n) is 2.77. The van der Waals surface area contributed by atoms with Crippen LogP contribution in [0.5, 0.6) is 0 Å². The van der Waals surface area contributed by atoms with Gasteiger partial charge in [-0.3, -0.25) is 4.79 Å². The van der Waals surface area contributed by atoms with E-state index in [0.717, 1.165) is 6.07 Å². The van der Waals surface area contributed by atoms with E-state index < -0.39 is 15.9 Å². The summed E-state index contributed by atoms with van der Waals surface area (Å²) < 4.78 is 22.8. The van der Waals surface area contributed by atoms with Crippen molar-refractivity contribution in [1.29, 1.82) is 0 Å². The number of halogens is 2. The van der Waals surface area contributed by atoms with E-state index in [-0.39, 0.29) is 15.5 Å². The summed E-state index contributed by atoms with van der Waals surface area (Å²) in [6.07, 6.45) is 1.37. The van der Waals surface area contributed by atoms with Crippen molar-refractivity contribution in [1.82, 2.24) is 5.43 Å². The van der Waals surface area contributed by atoms with Gasteiger partial charge < -0.3 is 0 Å². The summed E-state index contributed by atoms with van der Waals surface area (Å²) in [4.78, 5) is 11.6. The number of nitrogens with one attached hydrogen (secondary N) is 1. The first kappa shape index (κ1) is 17.4. The second-order valence-corrected chi connectivity index (χ2v) is 6.76. The van der Waals surface area contributed by atoms with E-state index >= 15 is 0 Å². The summed E-state index contributed by atoms with van der Waals surface area (Å²) in [5, 5.41) is 9.22. The van der Waals surface area contributed by atoms with Gasteiger partial charge in [0.05, 0.1) is 11.2 Å². The summed E-state index contributed by atoms with van der Waals surface area (Å²) in [5.41, 5.74) is 2.94. The fraction of sp³-hybridized carbons (Fsp3) is 0. The molecular weight excluding hydrogens is 361 g/mol. The topological polar surface area (TPSA) is 102 Å². The molecule has 6 nitrogen and oxygen atoms in total. The SMILES string of the molecule is NS(=O)(=O)c1cc(C(=O)N/N=C\c2ccccc2Cl)ccc1Cl. The Hall–Kier alpha value is -1.93. The highest BCUT2D eigenvalue weighted by Crippen LogP contribution is 2.21. The van der Waals surface area contributed by atoms with Crippen molar-refractivity contribution in [2.75, 3.05) is 0 Å². The van der Waals surface area contributed by atoms with Gasteiger partial charge in [-0.2, -0.15) is 5.10 Å². The van der Waals surface area contributed by atoms with Crippen LogP contribution < -0.4 is 10.6 Å². The Kier molecular flexibility index (Phi) is 5.38. The molecule has 0 saturated carbocycles. The Balaban J connectivity index is 2.17. The largest absolute Gasteiger partial charge is 0.271 e. The highest BCUT2D eigenvalue weighted by Gasteiger charge is 2.16. The Morgan fingerprint density at radius 2 is 1.83 bits per heavy atom. The standard InChI is InChI=1S/C14H11Cl2N3O3S/c15-11-4-2-1-3-10(11)8-18-19-14(20)9-5-6-12(16)13(7-9)23(17,21)22/h1-8H,(H,19,20)(H2,17,21,22)/b18-8-. The van der Waals surface area contributed by atoms with Crippen molar-refractivity contribution in [3.05, 3.63) is 63.6 Å². The number of nitrogens with zero attached hydrogens (tertiary/aromatic N) is 1. The molecule has 0 atom stereocenters. The molecule has 2 aromatic carbocycles. The Morgan fingerprint density at radius 3 is 2.48 bits per heavy atom. The molecule has 0 bridgehead atoms. The highest BCUT2D eigenvalue weighted by molar-refractivity contribution is 7.89. The maximum Gasteiger partial charge on any atom is 0.271 e. The van der Waals surface area contributed by atoms with Crippen LogP contribution in [0.2, 0.25) is 10.0 Å². The van der Waals surface area contributed by atoms with E-state index in [1.807, 2.05) is 0 Å². The number of primary sulfonamides is 1. The molecule has 0 heterocycles. The second kappa shape index (κ2) is 7.10. The number of hydrogen-bond acceptors (Lipinski definition) is 4. The summed E-state index contributed by atoms with van der Waals surface area (Å²) >= 11 is 11.7. The van der Waals surface area contributed by atoms with Crippen molar-refractivity contribution in [2.24, 2.45) is 10.2 Å². The number of carbonyl (C=O) groups excluding carboxylic acids is 1. The molecule has 0 unspecified atom stereocenters. The molecule has 3 N–H and O–H groups in total. The fourth-order valence-corrected chi connectivity index (χ4v) is 2.92. The Labute approximate surface area is 143 Å². The number of hydrazone groups is 1. The van der Waals surface area contributed by atoms with Crippen molar-refractivity contribution in [2.45, 2.75) is 4.90 Å². The molecule has 0 aliphatic rings. The maximum atomic E-state index is 12.0. The fourth-order valence-electron chi connectivity index (χ4n) is 1.67. The zero-order valence-electron chi connectivity index (χ0n) is 11.5. The normalized spacial score (nSPS) is 11.6. The van der Waals surface area contributed by atoms with Crippen LogP contribution in [0.25, 0.3) is 0 Å². The molecule has 0 aromatic heterocycles. The molecule has 2 aromatic rings. The highest BCUT2D eigenvalue weighted by atomic mass is 35.5. The van der Waals surface area contributed by atoms with Gasteiger partial charge in [0.25, 0.3) is 5.91 Å². The third kappa shape index (κ3) is 4.52. The van der Waals surface area contributed by atoms with Gasteiger partial charge in [0.2, 0.25) is 10.0 Å². The molecule has 23 heavy (non-hydrogen) atoms. The molecule has 120 valence electrons. The van der Waals surface area contributed by atoms with Gasteiger partial charge in [0.1, 0.15) is 4.90 Å². The molecular formula is C14H11Cl2N3O3S. The van der Waals surface area contributed by atoms with Gasteiger partial charge in [0, 0.05) is 16.1 Å². The van der Waals surface area contributed by atoms with Crippen molar-refractivity contribution >= 4 is 45.3 Å². The molecule has 1 amide bonds. The first-order chi connectivity index (χ1) is 10.8. The predicted molar refractivity (Wildman–Crippen MR) is 89.3 cm³/mol. The van der Waals surface area contributed by atoms with Gasteiger partial charge in [0.15, 0.2) is 0 Å². The van der Waals surface area contributed by atoms with Crippen LogP contribution in [0.3, 0.4) is 0 Å². The zero-order valence-corrected chi connectivity index (χ0v) is 13.9. The van der Waals surface area contributed by atoms with E-state index in [1.165, 1.54) is 18.3 Å². The third-order valence-corrected chi connectivity index (χ3v) is 4.51. The quantitative estimate of drug-likeness (QED) is 0.636. The van der Waals surface area contributed by atoms with Crippen molar-refractivity contribution in [3.8, 4) is 0 Å². The zero-order chi connectivity index (χ0) is 17.0. The average Bonchev–Trinajstić information content (AvgIpc) is 2.48. The molecule has 0 radical (unpaired) electrons. The van der Waals surface area contributed by atoms with Crippen molar-refractivity contribution in [3.63, 3.8) is 0 Å². The minimum atomic E-state index is -4.03. The summed E-state index contributed by atoms with van der Waals surface area (Å²) in [6, 6.07) is 10.7. The molecule has 0 aliphatic heterocycles. The lowest BCUT2D eigenvalue weighted by atomic mass is 10.2. The number of hydrogen-bond donors (Lipinski definition) is 2. The lowest BCUT2D eigenvalue weighted by molar-refractivity contribution is 0.0955. The van der Waals surface area contributed by atoms with Crippen LogP contribution in [-0.2, 0) is 10.0 Å². The van der Waals surface area contributed by atoms with Gasteiger partial charge in [-0.15, -0.1) is 0 Å². The Bertz CT molecular complexity index is 883. The molecule has 0 aliphatic carbocycles. The summed E-state index contributed by atoms with van der Waals surface area (Å²) in [6.45, 7) is 0. The molecule has 9 heteroatoms. The van der Waals surface area contributed by atoms with Crippen molar-refractivity contribution < 1.29 is 13.2 Å². The first-order valence-corrected chi connectivity index (χ1v) is 8.49. The number of carbonyl (C=O) groups is 1. The number of benzene rings is 2. The van der Waals surface area contributed by atoms with Gasteiger partial charge in [-0.05, 0) is 24.3 Å². The van der Waals surface area contributed by atoms with E-state index in [1.54, 1.807) is 24.3 Å². The number of amides is 1. The number of sulfonamides is 1. The van der Waals surface area contributed by atoms with E-state index in [4.69, 9.17) is 28.3 Å². The second-order valence-electron chi connectivity index (χ2n) is 4.41. The van der Waals surface area contributed by atoms with Crippen LogP contribution in [0.15, 0.2) is 52.5 Å². The van der Waals surface area contributed by atoms with Crippen LogP contribution in [0, 0.1) is 0 Å². The minimum Gasteiger partial charge on any atom is -0.267 e. The average molecular weight is 372 g/mol. The van der Waals surface area contributed by atoms with Crippen LogP contribution in [0.1, 0.15) is 15.9 Å². The molecule has 2 rings (SSSR count). The summed E-state index contributed by atoms with van der Waals surface area (Å²) in [7, 11) is -4.03. The monoisotopic (exact) mass is 371 g/mol. The predicted octanol–water partition coefficient (Wildman–Crippen LogP) is 2.40. The van der Waals surface area contributed by atoms with Gasteiger partial charge in [-0.1, -0.05) is 41.4 Å². The molecule has 0 saturated heterocycles. The van der Waals surface area contributed by atoms with Crippen LogP contribution in [-0.4, -0.2) is 20.5 Å². The smallest absolute Gasteiger partial charge is 0.267 e. The van der Waals surface area contributed by atoms with Crippen LogP contribution >= 0.6 is 23.2 Å². The van der Waals surface area contributed by atoms with Gasteiger partial charge >= 0.3 is 0 Å². The van der Waals surface area contributed by atoms with E-state index in [0.29, 0.717) is 10.6 Å². The van der Waals surface area contributed by atoms with E-state index in [2.05, 4.69) is 10.5 Å². The lowest BCUT2D eigenvalue weighted by Crippen LogP contribution is -2.19. The number of rotatable bonds is 4. The lowest BCUT2D eigenvalue weighted by Gasteiger charge is -2.05. The van der Waals surface area contributed by atoms with E-state index in [9.17, 15) is 13.2 Å². The maximum absolute atomic E-state index is 12.0. The van der Waals surface area contributed by atoms with Crippen LogP contribution in [0.4, 0.5) is 0 Å². The first-order valence-electron chi connectivity index (χ1n) is 6.19. The van der Waals surface area contributed by atoms with Gasteiger partial charge in [-0.25, -0.2) is 19.0 Å². The summed E-state index contributed by atoms with van der Waals surface area (Å²) in [5.74, 6) is -0.616. The Morgan fingerprint density at radius 1 is 1.13 bits per heavy atom. The minimum absolute atomic E-state index is 0.0507. The molecule has 0 spiro atoms. The molecule has 0 fully saturated rings. The number of nitrogens with two attached hydrogens (primary N) is 1.